The molecule has 2 atom stereocenters. The van der Waals surface area contributed by atoms with E-state index in [9.17, 15) is 5.26 Å². The number of rotatable bonds is 4. The van der Waals surface area contributed by atoms with Gasteiger partial charge in [0.2, 0.25) is 0 Å². The topological polar surface area (TPSA) is 49.6 Å². The van der Waals surface area contributed by atoms with Crippen LogP contribution >= 0.6 is 0 Å². The number of hydrogen-bond donors (Lipinski definition) is 0. The first-order valence-electron chi connectivity index (χ1n) is 8.29. The normalized spacial score (nSPS) is 15.7. The van der Waals surface area contributed by atoms with Crippen molar-refractivity contribution in [1.29, 1.82) is 5.26 Å². The van der Waals surface area contributed by atoms with E-state index in [4.69, 9.17) is 0 Å². The van der Waals surface area contributed by atoms with Gasteiger partial charge in [0.1, 0.15) is 0 Å². The van der Waals surface area contributed by atoms with Gasteiger partial charge in [-0.25, -0.2) is 0 Å². The van der Waals surface area contributed by atoms with E-state index < -0.39 is 0 Å². The van der Waals surface area contributed by atoms with Crippen molar-refractivity contribution in [2.24, 2.45) is 5.92 Å². The number of aromatic nitrogens is 2. The van der Waals surface area contributed by atoms with Crippen LogP contribution in [0.4, 0.5) is 0 Å². The number of benzene rings is 2. The molecule has 3 aromatic rings. The van der Waals surface area contributed by atoms with Crippen LogP contribution in [0.25, 0.3) is 22.0 Å². The third-order valence-corrected chi connectivity index (χ3v) is 8.29. The van der Waals surface area contributed by atoms with Crippen LogP contribution in [0.1, 0.15) is 25.5 Å². The van der Waals surface area contributed by atoms with Crippen molar-refractivity contribution in [3.05, 3.63) is 54.2 Å². The van der Waals surface area contributed by atoms with Gasteiger partial charge in [0, 0.05) is 0 Å². The Bertz CT molecular complexity index is 927. The molecule has 0 amide bonds. The molecule has 1 fully saturated rings. The van der Waals surface area contributed by atoms with Crippen LogP contribution in [0.5, 0.6) is 0 Å². The molecule has 0 radical (unpaired) electrons. The molecule has 0 saturated heterocycles. The van der Waals surface area contributed by atoms with Crippen LogP contribution in [-0.2, 0) is 0 Å². The number of fused-ring (bicyclic) bond motifs is 1. The Kier molecular flexibility index (Phi) is 4.08. The quantitative estimate of drug-likeness (QED) is 0.657. The molecule has 2 aromatic carbocycles. The average Bonchev–Trinajstić information content (AvgIpc) is 3.47. The van der Waals surface area contributed by atoms with E-state index >= 15 is 0 Å². The SMILES string of the molecule is C[C@@H]([AsH]c1c(C#N)nnc2cc(-c3ccccc3)ccc12)C1CC1. The predicted octanol–water partition coefficient (Wildman–Crippen LogP) is 3.45. The van der Waals surface area contributed by atoms with Gasteiger partial charge in [-0.3, -0.25) is 0 Å². The second kappa shape index (κ2) is 6.38. The fourth-order valence-electron chi connectivity index (χ4n) is 3.08. The summed E-state index contributed by atoms with van der Waals surface area (Å²) in [5.74, 6) is 0.864. The van der Waals surface area contributed by atoms with Crippen molar-refractivity contribution < 1.29 is 0 Å². The minimum atomic E-state index is -0.390. The molecular formula is C20H18AsN3. The Morgan fingerprint density at radius 3 is 2.58 bits per heavy atom. The van der Waals surface area contributed by atoms with Crippen molar-refractivity contribution in [3.63, 3.8) is 0 Å². The fourth-order valence-corrected chi connectivity index (χ4v) is 6.51. The van der Waals surface area contributed by atoms with E-state index in [1.54, 1.807) is 0 Å². The molecule has 0 aliphatic heterocycles. The Hall–Kier alpha value is -2.17. The second-order valence-corrected chi connectivity index (χ2v) is 9.97. The molecule has 1 aromatic heterocycles. The number of hydrogen-bond acceptors (Lipinski definition) is 3. The molecule has 1 heterocycles. The van der Waals surface area contributed by atoms with Crippen molar-refractivity contribution in [2.75, 3.05) is 0 Å². The van der Waals surface area contributed by atoms with Crippen molar-refractivity contribution >= 4 is 31.0 Å². The van der Waals surface area contributed by atoms with Gasteiger partial charge in [0.15, 0.2) is 0 Å². The fraction of sp³-hybridized carbons (Fsp3) is 0.250. The van der Waals surface area contributed by atoms with Crippen LogP contribution in [0.3, 0.4) is 0 Å². The van der Waals surface area contributed by atoms with Crippen LogP contribution < -0.4 is 4.35 Å². The summed E-state index contributed by atoms with van der Waals surface area (Å²) >= 11 is -0.390. The van der Waals surface area contributed by atoms with E-state index in [2.05, 4.69) is 53.5 Å². The molecule has 1 unspecified atom stereocenters. The first kappa shape index (κ1) is 15.4. The summed E-state index contributed by atoms with van der Waals surface area (Å²) in [5, 5.41) is 19.1. The summed E-state index contributed by atoms with van der Waals surface area (Å²) < 4.78 is 1.90. The Morgan fingerprint density at radius 1 is 1.08 bits per heavy atom. The van der Waals surface area contributed by atoms with Crippen LogP contribution in [0, 0.1) is 17.2 Å². The third kappa shape index (κ3) is 2.95. The zero-order valence-corrected chi connectivity index (χ0v) is 15.6. The van der Waals surface area contributed by atoms with Gasteiger partial charge in [-0.1, -0.05) is 0 Å². The van der Waals surface area contributed by atoms with E-state index in [-0.39, 0.29) is 15.8 Å². The molecule has 1 saturated carbocycles. The van der Waals surface area contributed by atoms with E-state index in [0.717, 1.165) is 27.1 Å². The van der Waals surface area contributed by atoms with Crippen LogP contribution in [0.15, 0.2) is 48.5 Å². The maximum atomic E-state index is 9.45. The Morgan fingerprint density at radius 2 is 1.88 bits per heavy atom. The van der Waals surface area contributed by atoms with Crippen LogP contribution in [-0.4, -0.2) is 25.9 Å². The minimum absolute atomic E-state index is 0.390. The Balaban J connectivity index is 1.80. The predicted molar refractivity (Wildman–Crippen MR) is 98.6 cm³/mol. The van der Waals surface area contributed by atoms with Gasteiger partial charge in [-0.15, -0.1) is 0 Å². The zero-order valence-electron chi connectivity index (χ0n) is 13.5. The maximum absolute atomic E-state index is 9.45. The van der Waals surface area contributed by atoms with Crippen LogP contribution in [0.2, 0.25) is 4.71 Å². The zero-order chi connectivity index (χ0) is 16.5. The van der Waals surface area contributed by atoms with Gasteiger partial charge in [0.05, 0.1) is 0 Å². The van der Waals surface area contributed by atoms with Crippen molar-refractivity contribution in [3.8, 4) is 17.2 Å². The molecule has 24 heavy (non-hydrogen) atoms. The monoisotopic (exact) mass is 375 g/mol. The molecular weight excluding hydrogens is 357 g/mol. The van der Waals surface area contributed by atoms with Gasteiger partial charge in [0.25, 0.3) is 0 Å². The van der Waals surface area contributed by atoms with Gasteiger partial charge in [-0.05, 0) is 0 Å². The molecule has 4 heteroatoms. The molecule has 3 nitrogen and oxygen atoms in total. The first-order chi connectivity index (χ1) is 11.8. The summed E-state index contributed by atoms with van der Waals surface area (Å²) in [6.07, 6.45) is 2.70. The Labute approximate surface area is 148 Å². The van der Waals surface area contributed by atoms with Crippen molar-refractivity contribution in [2.45, 2.75) is 24.5 Å². The molecule has 0 N–H and O–H groups in total. The molecule has 1 aliphatic rings. The van der Waals surface area contributed by atoms with Gasteiger partial charge in [-0.2, -0.15) is 0 Å². The van der Waals surface area contributed by atoms with Gasteiger partial charge >= 0.3 is 148 Å². The third-order valence-electron chi connectivity index (χ3n) is 4.68. The number of nitriles is 1. The summed E-state index contributed by atoms with van der Waals surface area (Å²) in [6, 6.07) is 18.9. The van der Waals surface area contributed by atoms with E-state index in [1.807, 2.05) is 18.2 Å². The molecule has 0 bridgehead atoms. The summed E-state index contributed by atoms with van der Waals surface area (Å²) in [6.45, 7) is 2.34. The molecule has 4 rings (SSSR count). The standard InChI is InChI=1S/C20H18AsN3/c1-13(14-7-8-14)21-20-17-10-9-16(15-5-3-2-4-6-15)11-18(17)23-24-19(20)12-22/h2-6,9-11,13-14,21H,7-8H2,1H3/t13-/m1/s1. The summed E-state index contributed by atoms with van der Waals surface area (Å²) in [5.41, 5.74) is 3.75. The summed E-state index contributed by atoms with van der Waals surface area (Å²) in [7, 11) is 0. The molecule has 0 spiro atoms. The summed E-state index contributed by atoms with van der Waals surface area (Å²) in [4.78, 5) is 0. The second-order valence-electron chi connectivity index (χ2n) is 6.40. The average molecular weight is 375 g/mol. The first-order valence-corrected chi connectivity index (χ1v) is 10.5. The molecule has 118 valence electrons. The van der Waals surface area contributed by atoms with E-state index in [1.165, 1.54) is 22.8 Å². The van der Waals surface area contributed by atoms with E-state index in [0.29, 0.717) is 5.69 Å². The van der Waals surface area contributed by atoms with Gasteiger partial charge < -0.3 is 0 Å². The number of nitrogens with zero attached hydrogens (tertiary/aromatic N) is 3. The van der Waals surface area contributed by atoms with Crippen molar-refractivity contribution in [1.82, 2.24) is 10.2 Å². The molecule has 1 aliphatic carbocycles.